The summed E-state index contributed by atoms with van der Waals surface area (Å²) in [5.41, 5.74) is 0.781. The van der Waals surface area contributed by atoms with Gasteiger partial charge in [-0.25, -0.2) is 33.2 Å². The third kappa shape index (κ3) is 5.91. The Kier molecular flexibility index (Phi) is 7.56. The van der Waals surface area contributed by atoms with Crippen molar-refractivity contribution in [2.75, 3.05) is 31.1 Å². The molecule has 0 spiro atoms. The number of carboxylic acid groups (broad SMARTS) is 1. The average molecular weight is 557 g/mol. The van der Waals surface area contributed by atoms with Crippen molar-refractivity contribution in [1.29, 1.82) is 0 Å². The number of sulfonamides is 1. The molecule has 2 amide bonds. The Balaban J connectivity index is 1.27. The van der Waals surface area contributed by atoms with Crippen LogP contribution >= 0.6 is 0 Å². The number of piperidine rings is 1. The SMILES string of the molecule is O=C(NC1=NCCCN1)C1CCN(c2ncnc3c2ncn3CN(NS(=O)(=O)c2ccccc2)C(=O)O)CC1. The van der Waals surface area contributed by atoms with Crippen LogP contribution in [0.2, 0.25) is 0 Å². The predicted molar refractivity (Wildman–Crippen MR) is 140 cm³/mol. The van der Waals surface area contributed by atoms with Crippen molar-refractivity contribution < 1.29 is 23.1 Å². The molecule has 0 aliphatic carbocycles. The molecule has 0 radical (unpaired) electrons. The van der Waals surface area contributed by atoms with Crippen LogP contribution in [0.1, 0.15) is 19.3 Å². The van der Waals surface area contributed by atoms with Crippen molar-refractivity contribution in [3.63, 3.8) is 0 Å². The number of aliphatic imine (C=N–C) groups is 1. The summed E-state index contributed by atoms with van der Waals surface area (Å²) in [7, 11) is -4.13. The van der Waals surface area contributed by atoms with Gasteiger partial charge >= 0.3 is 6.09 Å². The van der Waals surface area contributed by atoms with E-state index in [1.54, 1.807) is 18.2 Å². The molecule has 3 aromatic rings. The zero-order chi connectivity index (χ0) is 27.4. The van der Waals surface area contributed by atoms with Crippen LogP contribution in [0, 0.1) is 5.92 Å². The minimum Gasteiger partial charge on any atom is -0.464 e. The van der Waals surface area contributed by atoms with Gasteiger partial charge in [0.15, 0.2) is 22.9 Å². The fraction of sp³-hybridized carbons (Fsp3) is 0.391. The number of carbonyl (C=O) groups excluding carboxylic acids is 1. The second-order valence-corrected chi connectivity index (χ2v) is 10.8. The Bertz CT molecular complexity index is 1490. The third-order valence-electron chi connectivity index (χ3n) is 6.49. The largest absolute Gasteiger partial charge is 0.464 e. The van der Waals surface area contributed by atoms with Crippen LogP contribution in [0.5, 0.6) is 0 Å². The molecule has 15 nitrogen and oxygen atoms in total. The number of hydrazine groups is 1. The van der Waals surface area contributed by atoms with Gasteiger partial charge in [-0.1, -0.05) is 18.2 Å². The molecule has 1 saturated heterocycles. The number of fused-ring (bicyclic) bond motifs is 1. The van der Waals surface area contributed by atoms with Crippen molar-refractivity contribution in [3.8, 4) is 0 Å². The molecule has 39 heavy (non-hydrogen) atoms. The lowest BCUT2D eigenvalue weighted by atomic mass is 9.96. The van der Waals surface area contributed by atoms with E-state index in [0.717, 1.165) is 13.0 Å². The van der Waals surface area contributed by atoms with Crippen LogP contribution in [0.15, 0.2) is 52.9 Å². The van der Waals surface area contributed by atoms with Crippen LogP contribution in [0.3, 0.4) is 0 Å². The monoisotopic (exact) mass is 556 g/mol. The predicted octanol–water partition coefficient (Wildman–Crippen LogP) is 0.339. The number of nitrogens with one attached hydrogen (secondary N) is 3. The van der Waals surface area contributed by atoms with E-state index < -0.39 is 22.8 Å². The van der Waals surface area contributed by atoms with Crippen molar-refractivity contribution in [3.05, 3.63) is 43.0 Å². The van der Waals surface area contributed by atoms with Gasteiger partial charge in [-0.3, -0.25) is 19.7 Å². The Morgan fingerprint density at radius 1 is 1.13 bits per heavy atom. The highest BCUT2D eigenvalue weighted by atomic mass is 32.2. The van der Waals surface area contributed by atoms with Gasteiger partial charge in [0, 0.05) is 32.1 Å². The summed E-state index contributed by atoms with van der Waals surface area (Å²) >= 11 is 0. The molecule has 206 valence electrons. The van der Waals surface area contributed by atoms with E-state index in [9.17, 15) is 23.1 Å². The lowest BCUT2D eigenvalue weighted by Gasteiger charge is -2.32. The zero-order valence-electron chi connectivity index (χ0n) is 20.9. The van der Waals surface area contributed by atoms with E-state index >= 15 is 0 Å². The molecule has 2 aromatic heterocycles. The average Bonchev–Trinajstić information content (AvgIpc) is 3.36. The first kappa shape index (κ1) is 26.3. The van der Waals surface area contributed by atoms with E-state index in [0.29, 0.717) is 60.4 Å². The lowest BCUT2D eigenvalue weighted by molar-refractivity contribution is -0.124. The maximum atomic E-state index is 12.7. The third-order valence-corrected chi connectivity index (χ3v) is 7.85. The summed E-state index contributed by atoms with van der Waals surface area (Å²) in [6, 6.07) is 7.47. The molecular formula is C23H28N10O5S. The lowest BCUT2D eigenvalue weighted by Crippen LogP contribution is -2.48. The van der Waals surface area contributed by atoms with Gasteiger partial charge in [0.2, 0.25) is 5.91 Å². The summed E-state index contributed by atoms with van der Waals surface area (Å²) in [6.45, 7) is 2.22. The van der Waals surface area contributed by atoms with Gasteiger partial charge in [-0.2, -0.15) is 0 Å². The quantitative estimate of drug-likeness (QED) is 0.296. The zero-order valence-corrected chi connectivity index (χ0v) is 21.7. The number of nitrogens with zero attached hydrogens (tertiary/aromatic N) is 7. The highest BCUT2D eigenvalue weighted by Crippen LogP contribution is 2.27. The first-order valence-electron chi connectivity index (χ1n) is 12.4. The molecule has 4 heterocycles. The summed E-state index contributed by atoms with van der Waals surface area (Å²) in [6.07, 6.45) is 3.39. The number of hydrogen-bond donors (Lipinski definition) is 4. The van der Waals surface area contributed by atoms with Crippen LogP contribution in [0.4, 0.5) is 10.6 Å². The summed E-state index contributed by atoms with van der Waals surface area (Å²) < 4.78 is 26.8. The van der Waals surface area contributed by atoms with Gasteiger partial charge in [0.25, 0.3) is 10.0 Å². The van der Waals surface area contributed by atoms with Gasteiger partial charge in [0.05, 0.1) is 11.2 Å². The molecule has 0 unspecified atom stereocenters. The topological polar surface area (TPSA) is 187 Å². The standard InChI is InChI=1S/C23H28N10O5S/c34-21(29-22-24-9-4-10-25-22)16-7-11-31(12-8-16)19-18-20(27-13-26-19)32(14-28-18)15-33(23(35)36)30-39(37,38)17-5-2-1-3-6-17/h1-3,5-6,13-14,16,30H,4,7-12,15H2,(H,35,36)(H2,24,25,29,34). The molecule has 0 saturated carbocycles. The number of rotatable bonds is 7. The summed E-state index contributed by atoms with van der Waals surface area (Å²) in [5, 5.41) is 16.2. The van der Waals surface area contributed by atoms with Crippen molar-refractivity contribution in [2.24, 2.45) is 10.9 Å². The minimum absolute atomic E-state index is 0.0633. The number of imidazole rings is 1. The number of benzene rings is 1. The molecule has 2 aliphatic heterocycles. The van der Waals surface area contributed by atoms with Crippen LogP contribution < -0.4 is 20.4 Å². The molecule has 2 aliphatic rings. The molecule has 0 atom stereocenters. The fourth-order valence-electron chi connectivity index (χ4n) is 4.47. The van der Waals surface area contributed by atoms with Crippen LogP contribution in [-0.4, -0.2) is 82.2 Å². The molecular weight excluding hydrogens is 528 g/mol. The number of guanidine groups is 1. The number of anilines is 1. The molecule has 1 fully saturated rings. The maximum absolute atomic E-state index is 12.7. The van der Waals surface area contributed by atoms with Crippen LogP contribution in [-0.2, 0) is 21.5 Å². The number of amides is 2. The van der Waals surface area contributed by atoms with Crippen LogP contribution in [0.25, 0.3) is 11.2 Å². The van der Waals surface area contributed by atoms with E-state index in [4.69, 9.17) is 0 Å². The summed E-state index contributed by atoms with van der Waals surface area (Å²) in [5.74, 6) is 0.858. The molecule has 1 aromatic carbocycles. The van der Waals surface area contributed by atoms with E-state index in [2.05, 4.69) is 35.4 Å². The number of hydrogen-bond acceptors (Lipinski definition) is 10. The Morgan fingerprint density at radius 3 is 2.59 bits per heavy atom. The fourth-order valence-corrected chi connectivity index (χ4v) is 5.52. The van der Waals surface area contributed by atoms with Crippen molar-refractivity contribution in [2.45, 2.75) is 30.8 Å². The van der Waals surface area contributed by atoms with Gasteiger partial charge in [-0.15, -0.1) is 4.83 Å². The smallest absolute Gasteiger partial charge is 0.424 e. The second-order valence-electron chi connectivity index (χ2n) is 9.10. The first-order valence-corrected chi connectivity index (χ1v) is 13.9. The Morgan fingerprint density at radius 2 is 1.90 bits per heavy atom. The molecule has 4 N–H and O–H groups in total. The van der Waals surface area contributed by atoms with Gasteiger partial charge in [-0.05, 0) is 31.4 Å². The molecule has 0 bridgehead atoms. The van der Waals surface area contributed by atoms with E-state index in [-0.39, 0.29) is 16.7 Å². The van der Waals surface area contributed by atoms with Gasteiger partial charge in [0.1, 0.15) is 13.0 Å². The number of carbonyl (C=O) groups is 2. The summed E-state index contributed by atoms with van der Waals surface area (Å²) in [4.78, 5) is 45.9. The van der Waals surface area contributed by atoms with E-state index in [1.165, 1.54) is 29.4 Å². The maximum Gasteiger partial charge on any atom is 0.424 e. The highest BCUT2D eigenvalue weighted by Gasteiger charge is 2.29. The number of aromatic nitrogens is 4. The Labute approximate surface area is 224 Å². The normalized spacial score (nSPS) is 16.4. The first-order chi connectivity index (χ1) is 18.8. The second kappa shape index (κ2) is 11.2. The van der Waals surface area contributed by atoms with Crippen molar-refractivity contribution in [1.82, 2.24) is 40.0 Å². The van der Waals surface area contributed by atoms with Crippen molar-refractivity contribution >= 4 is 45.0 Å². The molecule has 16 heteroatoms. The van der Waals surface area contributed by atoms with E-state index in [1.807, 2.05) is 4.90 Å². The Hall–Kier alpha value is -4.31. The highest BCUT2D eigenvalue weighted by molar-refractivity contribution is 7.89. The molecule has 5 rings (SSSR count). The minimum atomic E-state index is -4.13. The van der Waals surface area contributed by atoms with Gasteiger partial charge < -0.3 is 15.3 Å².